The van der Waals surface area contributed by atoms with Gasteiger partial charge in [0.25, 0.3) is 0 Å². The van der Waals surface area contributed by atoms with E-state index in [4.69, 9.17) is 9.26 Å². The van der Waals surface area contributed by atoms with E-state index in [0.29, 0.717) is 31.1 Å². The summed E-state index contributed by atoms with van der Waals surface area (Å²) in [6.07, 6.45) is 9.97. The number of nitrogens with zero attached hydrogens (tertiary/aromatic N) is 4. The fourth-order valence-corrected chi connectivity index (χ4v) is 3.03. The van der Waals surface area contributed by atoms with Gasteiger partial charge < -0.3 is 14.6 Å². The number of hydrogen-bond acceptors (Lipinski definition) is 6. The van der Waals surface area contributed by atoms with Crippen LogP contribution < -0.4 is 5.32 Å². The van der Waals surface area contributed by atoms with Crippen LogP contribution in [0.15, 0.2) is 16.9 Å². The molecule has 1 atom stereocenters. The summed E-state index contributed by atoms with van der Waals surface area (Å²) in [4.78, 5) is 16.4. The van der Waals surface area contributed by atoms with Gasteiger partial charge in [0, 0.05) is 31.6 Å². The van der Waals surface area contributed by atoms with Gasteiger partial charge in [-0.15, -0.1) is 0 Å². The fraction of sp³-hybridized carbons (Fsp3) is 0.647. The van der Waals surface area contributed by atoms with Crippen molar-refractivity contribution in [1.82, 2.24) is 19.9 Å². The van der Waals surface area contributed by atoms with Crippen LogP contribution in [0.2, 0.25) is 0 Å². The molecule has 0 unspecified atom stereocenters. The number of anilines is 1. The highest BCUT2D eigenvalue weighted by atomic mass is 16.5. The lowest BCUT2D eigenvalue weighted by Crippen LogP contribution is -2.15. The molecule has 1 saturated heterocycles. The molecule has 1 aliphatic heterocycles. The summed E-state index contributed by atoms with van der Waals surface area (Å²) >= 11 is 0. The van der Waals surface area contributed by atoms with Crippen molar-refractivity contribution in [2.45, 2.75) is 63.5 Å². The molecule has 2 aliphatic rings. The van der Waals surface area contributed by atoms with Crippen LogP contribution >= 0.6 is 0 Å². The lowest BCUT2D eigenvalue weighted by molar-refractivity contribution is -0.116. The molecule has 134 valence electrons. The zero-order valence-electron chi connectivity index (χ0n) is 14.2. The van der Waals surface area contributed by atoms with Crippen LogP contribution in [0.1, 0.15) is 56.2 Å². The number of carbonyl (C=O) groups is 1. The zero-order valence-corrected chi connectivity index (χ0v) is 14.2. The van der Waals surface area contributed by atoms with Crippen molar-refractivity contribution in [1.29, 1.82) is 0 Å². The van der Waals surface area contributed by atoms with E-state index < -0.39 is 0 Å². The monoisotopic (exact) mass is 345 g/mol. The highest BCUT2D eigenvalue weighted by molar-refractivity contribution is 5.90. The Kier molecular flexibility index (Phi) is 4.78. The summed E-state index contributed by atoms with van der Waals surface area (Å²) in [6.45, 7) is 1.56. The van der Waals surface area contributed by atoms with Gasteiger partial charge in [0.15, 0.2) is 5.82 Å². The lowest BCUT2D eigenvalue weighted by Gasteiger charge is -2.08. The summed E-state index contributed by atoms with van der Waals surface area (Å²) in [6, 6.07) is 0. The van der Waals surface area contributed by atoms with Crippen LogP contribution in [-0.4, -0.2) is 38.5 Å². The van der Waals surface area contributed by atoms with Gasteiger partial charge in [-0.1, -0.05) is 5.16 Å². The smallest absolute Gasteiger partial charge is 0.226 e. The van der Waals surface area contributed by atoms with Crippen LogP contribution in [0.3, 0.4) is 0 Å². The number of aryl methyl sites for hydroxylation is 1. The Hall–Kier alpha value is -2.22. The van der Waals surface area contributed by atoms with Gasteiger partial charge in [-0.3, -0.25) is 9.48 Å². The average Bonchev–Trinajstić information content (AvgIpc) is 3.00. The number of aromatic nitrogens is 4. The molecule has 1 amide bonds. The number of ether oxygens (including phenoxy) is 1. The van der Waals surface area contributed by atoms with Crippen molar-refractivity contribution in [3.05, 3.63) is 24.1 Å². The molecule has 2 fully saturated rings. The van der Waals surface area contributed by atoms with E-state index in [0.717, 1.165) is 50.3 Å². The van der Waals surface area contributed by atoms with Gasteiger partial charge >= 0.3 is 0 Å². The molecule has 8 heteroatoms. The van der Waals surface area contributed by atoms with E-state index >= 15 is 0 Å². The molecule has 1 aliphatic carbocycles. The van der Waals surface area contributed by atoms with Crippen molar-refractivity contribution < 1.29 is 14.1 Å². The maximum atomic E-state index is 12.0. The van der Waals surface area contributed by atoms with E-state index in [2.05, 4.69) is 20.6 Å². The fourth-order valence-electron chi connectivity index (χ4n) is 3.03. The van der Waals surface area contributed by atoms with Gasteiger partial charge in [0.05, 0.1) is 24.5 Å². The second-order valence-corrected chi connectivity index (χ2v) is 6.81. The third kappa shape index (κ3) is 4.45. The van der Waals surface area contributed by atoms with Crippen molar-refractivity contribution in [2.75, 3.05) is 11.9 Å². The van der Waals surface area contributed by atoms with Crippen LogP contribution in [0.5, 0.6) is 0 Å². The summed E-state index contributed by atoms with van der Waals surface area (Å²) in [7, 11) is 0. The van der Waals surface area contributed by atoms with Gasteiger partial charge in [0.1, 0.15) is 0 Å². The van der Waals surface area contributed by atoms with Crippen LogP contribution in [-0.2, 0) is 22.5 Å². The number of carbonyl (C=O) groups excluding carboxylic acids is 1. The highest BCUT2D eigenvalue weighted by Crippen LogP contribution is 2.38. The molecule has 1 saturated carbocycles. The molecule has 25 heavy (non-hydrogen) atoms. The number of nitrogens with one attached hydrogen (secondary N) is 1. The largest absolute Gasteiger partial charge is 0.376 e. The topological polar surface area (TPSA) is 95.1 Å². The second-order valence-electron chi connectivity index (χ2n) is 6.81. The molecule has 0 aromatic carbocycles. The summed E-state index contributed by atoms with van der Waals surface area (Å²) < 4.78 is 12.6. The van der Waals surface area contributed by atoms with Crippen molar-refractivity contribution in [3.8, 4) is 0 Å². The summed E-state index contributed by atoms with van der Waals surface area (Å²) in [5.74, 6) is 1.91. The predicted molar refractivity (Wildman–Crippen MR) is 89.0 cm³/mol. The normalized spacial score (nSPS) is 20.1. The third-order valence-electron chi connectivity index (χ3n) is 4.55. The number of hydrogen-bond donors (Lipinski definition) is 1. The van der Waals surface area contributed by atoms with E-state index in [-0.39, 0.29) is 12.0 Å². The van der Waals surface area contributed by atoms with E-state index in [1.54, 1.807) is 6.20 Å². The molecule has 2 aromatic heterocycles. The zero-order chi connectivity index (χ0) is 17.1. The van der Waals surface area contributed by atoms with E-state index in [1.165, 1.54) is 0 Å². The van der Waals surface area contributed by atoms with Gasteiger partial charge in [-0.2, -0.15) is 10.1 Å². The van der Waals surface area contributed by atoms with Crippen molar-refractivity contribution >= 4 is 11.6 Å². The predicted octanol–water partition coefficient (Wildman–Crippen LogP) is 2.28. The molecule has 4 rings (SSSR count). The molecular weight excluding hydrogens is 322 g/mol. The SMILES string of the molecule is O=C(CCCc1nc(C2CC2)no1)Nc1cnn(C[C@@H]2CCCO2)c1. The summed E-state index contributed by atoms with van der Waals surface area (Å²) in [5.41, 5.74) is 0.719. The van der Waals surface area contributed by atoms with Crippen molar-refractivity contribution in [3.63, 3.8) is 0 Å². The first-order chi connectivity index (χ1) is 12.3. The summed E-state index contributed by atoms with van der Waals surface area (Å²) in [5, 5.41) is 11.1. The molecular formula is C17H23N5O3. The van der Waals surface area contributed by atoms with Crippen molar-refractivity contribution in [2.24, 2.45) is 0 Å². The maximum Gasteiger partial charge on any atom is 0.226 e. The van der Waals surface area contributed by atoms with Crippen LogP contribution in [0, 0.1) is 0 Å². The maximum absolute atomic E-state index is 12.0. The molecule has 1 N–H and O–H groups in total. The minimum Gasteiger partial charge on any atom is -0.376 e. The standard InChI is InChI=1S/C17H23N5O3/c23-15(4-1-5-16-20-17(21-25-16)12-6-7-12)19-13-9-18-22(10-13)11-14-3-2-8-24-14/h9-10,12,14H,1-8,11H2,(H,19,23)/t14-/m0/s1. The first-order valence-electron chi connectivity index (χ1n) is 9.02. The minimum absolute atomic E-state index is 0.0291. The Bertz CT molecular complexity index is 715. The Balaban J connectivity index is 1.18. The first-order valence-corrected chi connectivity index (χ1v) is 9.02. The molecule has 8 nitrogen and oxygen atoms in total. The Morgan fingerprint density at radius 3 is 3.08 bits per heavy atom. The Labute approximate surface area is 145 Å². The lowest BCUT2D eigenvalue weighted by atomic mass is 10.2. The highest BCUT2D eigenvalue weighted by Gasteiger charge is 2.28. The third-order valence-corrected chi connectivity index (χ3v) is 4.55. The van der Waals surface area contributed by atoms with Crippen LogP contribution in [0.4, 0.5) is 5.69 Å². The molecule has 0 radical (unpaired) electrons. The second kappa shape index (κ2) is 7.35. The number of amides is 1. The quantitative estimate of drug-likeness (QED) is 0.789. The first kappa shape index (κ1) is 16.3. The van der Waals surface area contributed by atoms with Crippen LogP contribution in [0.25, 0.3) is 0 Å². The molecule has 0 spiro atoms. The minimum atomic E-state index is -0.0291. The average molecular weight is 345 g/mol. The van der Waals surface area contributed by atoms with Gasteiger partial charge in [-0.05, 0) is 32.1 Å². The Morgan fingerprint density at radius 2 is 2.28 bits per heavy atom. The van der Waals surface area contributed by atoms with Gasteiger partial charge in [-0.25, -0.2) is 0 Å². The Morgan fingerprint density at radius 1 is 1.36 bits per heavy atom. The van der Waals surface area contributed by atoms with Gasteiger partial charge in [0.2, 0.25) is 11.8 Å². The van der Waals surface area contributed by atoms with E-state index in [1.807, 2.05) is 10.9 Å². The molecule has 3 heterocycles. The molecule has 2 aromatic rings. The van der Waals surface area contributed by atoms with E-state index in [9.17, 15) is 4.79 Å². The number of rotatable bonds is 8. The molecule has 0 bridgehead atoms.